The first-order chi connectivity index (χ1) is 9.17. The molecule has 20 heavy (non-hydrogen) atoms. The van der Waals surface area contributed by atoms with Gasteiger partial charge < -0.3 is 15.0 Å². The molecule has 0 aromatic heterocycles. The van der Waals surface area contributed by atoms with Crippen molar-refractivity contribution in [2.45, 2.75) is 0 Å². The molecule has 0 fully saturated rings. The van der Waals surface area contributed by atoms with E-state index in [1.807, 2.05) is 36.2 Å². The van der Waals surface area contributed by atoms with E-state index in [9.17, 15) is 0 Å². The molecule has 0 aliphatic rings. The molecule has 4 nitrogen and oxygen atoms in total. The van der Waals surface area contributed by atoms with Gasteiger partial charge in [-0.1, -0.05) is 17.7 Å². The van der Waals surface area contributed by atoms with Crippen molar-refractivity contribution in [2.75, 3.05) is 33.8 Å². The quantitative estimate of drug-likeness (QED) is 0.340. The van der Waals surface area contributed by atoms with E-state index in [0.717, 1.165) is 18.3 Å². The molecule has 0 heterocycles. The predicted molar refractivity (Wildman–Crippen MR) is 96.6 cm³/mol. The number of hydrogen-bond donors (Lipinski definition) is 1. The maximum Gasteiger partial charge on any atom is 0.193 e. The normalized spacial score (nSPS) is 10.4. The van der Waals surface area contributed by atoms with Gasteiger partial charge in [0.25, 0.3) is 0 Å². The van der Waals surface area contributed by atoms with E-state index in [4.69, 9.17) is 16.3 Å². The van der Waals surface area contributed by atoms with E-state index < -0.39 is 0 Å². The van der Waals surface area contributed by atoms with Crippen molar-refractivity contribution in [1.29, 1.82) is 0 Å². The summed E-state index contributed by atoms with van der Waals surface area (Å²) in [4.78, 5) is 6.17. The van der Waals surface area contributed by atoms with Crippen LogP contribution in [0.1, 0.15) is 0 Å². The van der Waals surface area contributed by atoms with Gasteiger partial charge in [-0.25, -0.2) is 0 Å². The maximum atomic E-state index is 5.81. The minimum atomic E-state index is 0. The molecule has 0 radical (unpaired) electrons. The van der Waals surface area contributed by atoms with E-state index in [0.29, 0.717) is 18.2 Å². The van der Waals surface area contributed by atoms with E-state index in [1.54, 1.807) is 13.1 Å². The first-order valence-electron chi connectivity index (χ1n) is 6.08. The largest absolute Gasteiger partial charge is 0.492 e. The number of halogens is 2. The van der Waals surface area contributed by atoms with Crippen molar-refractivity contribution < 1.29 is 4.74 Å². The number of nitrogens with one attached hydrogen (secondary N) is 1. The lowest BCUT2D eigenvalue weighted by atomic mass is 10.3. The zero-order valence-electron chi connectivity index (χ0n) is 11.8. The number of hydrogen-bond acceptors (Lipinski definition) is 2. The minimum Gasteiger partial charge on any atom is -0.492 e. The summed E-state index contributed by atoms with van der Waals surface area (Å²) in [6, 6.07) is 7.33. The second kappa shape index (κ2) is 10.8. The maximum absolute atomic E-state index is 5.81. The van der Waals surface area contributed by atoms with Gasteiger partial charge in [0, 0.05) is 25.7 Å². The number of rotatable bonds is 6. The first kappa shape index (κ1) is 19.1. The summed E-state index contributed by atoms with van der Waals surface area (Å²) >= 11 is 5.81. The Labute approximate surface area is 142 Å². The first-order valence-corrected chi connectivity index (χ1v) is 6.46. The Morgan fingerprint density at radius 2 is 2.10 bits per heavy atom. The Morgan fingerprint density at radius 1 is 1.45 bits per heavy atom. The molecule has 1 aromatic carbocycles. The van der Waals surface area contributed by atoms with E-state index >= 15 is 0 Å². The van der Waals surface area contributed by atoms with E-state index in [1.165, 1.54) is 0 Å². The predicted octanol–water partition coefficient (Wildman–Crippen LogP) is 3.03. The third-order valence-electron chi connectivity index (χ3n) is 2.49. The Bertz CT molecular complexity index is 423. The lowest BCUT2D eigenvalue weighted by molar-refractivity contribution is 0.281. The number of benzene rings is 1. The van der Waals surface area contributed by atoms with Crippen LogP contribution in [0.25, 0.3) is 0 Å². The molecule has 0 atom stereocenters. The van der Waals surface area contributed by atoms with Crippen LogP contribution in [0.5, 0.6) is 5.75 Å². The highest BCUT2D eigenvalue weighted by Gasteiger charge is 2.04. The van der Waals surface area contributed by atoms with Crippen LogP contribution >= 0.6 is 35.6 Å². The monoisotopic (exact) mass is 409 g/mol. The topological polar surface area (TPSA) is 36.9 Å². The lowest BCUT2D eigenvalue weighted by Gasteiger charge is -2.21. The van der Waals surface area contributed by atoms with Crippen LogP contribution in [-0.2, 0) is 0 Å². The summed E-state index contributed by atoms with van der Waals surface area (Å²) in [6.45, 7) is 5.67. The minimum absolute atomic E-state index is 0. The highest BCUT2D eigenvalue weighted by Crippen LogP contribution is 2.15. The smallest absolute Gasteiger partial charge is 0.193 e. The van der Waals surface area contributed by atoms with Crippen molar-refractivity contribution >= 4 is 41.5 Å². The third kappa shape index (κ3) is 7.00. The Balaban J connectivity index is 0.00000361. The molecule has 1 aromatic rings. The molecule has 0 spiro atoms. The third-order valence-corrected chi connectivity index (χ3v) is 2.74. The van der Waals surface area contributed by atoms with Gasteiger partial charge in [0.05, 0.1) is 6.54 Å². The zero-order valence-corrected chi connectivity index (χ0v) is 14.9. The molecule has 6 heteroatoms. The fourth-order valence-corrected chi connectivity index (χ4v) is 1.61. The van der Waals surface area contributed by atoms with Crippen LogP contribution in [0.2, 0.25) is 5.02 Å². The van der Waals surface area contributed by atoms with Crippen molar-refractivity contribution in [3.05, 3.63) is 41.9 Å². The van der Waals surface area contributed by atoms with Crippen LogP contribution < -0.4 is 10.1 Å². The standard InChI is InChI=1S/C14H20ClN3O.HI/c1-4-9-17-14(16-2)18(3)10-11-19-13-7-5-12(15)6-8-13;/h4-8H,1,9-11H2,2-3H3,(H,16,17);1H. The number of ether oxygens (including phenoxy) is 1. The van der Waals surface area contributed by atoms with Gasteiger partial charge in [-0.3, -0.25) is 4.99 Å². The highest BCUT2D eigenvalue weighted by molar-refractivity contribution is 14.0. The summed E-state index contributed by atoms with van der Waals surface area (Å²) in [5.74, 6) is 1.63. The van der Waals surface area contributed by atoms with Gasteiger partial charge in [0.15, 0.2) is 5.96 Å². The molecular weight excluding hydrogens is 389 g/mol. The Kier molecular flexibility index (Phi) is 10.3. The Morgan fingerprint density at radius 3 is 2.65 bits per heavy atom. The average molecular weight is 410 g/mol. The summed E-state index contributed by atoms with van der Waals surface area (Å²) in [6.07, 6.45) is 1.79. The molecule has 0 aliphatic carbocycles. The molecule has 0 unspecified atom stereocenters. The van der Waals surface area contributed by atoms with Gasteiger partial charge >= 0.3 is 0 Å². The SMILES string of the molecule is C=CCNC(=NC)N(C)CCOc1ccc(Cl)cc1.I. The van der Waals surface area contributed by atoms with E-state index in [-0.39, 0.29) is 24.0 Å². The van der Waals surface area contributed by atoms with Crippen molar-refractivity contribution in [3.8, 4) is 5.75 Å². The molecule has 0 saturated heterocycles. The van der Waals surface area contributed by atoms with Crippen molar-refractivity contribution in [2.24, 2.45) is 4.99 Å². The zero-order chi connectivity index (χ0) is 14.1. The van der Waals surface area contributed by atoms with Gasteiger partial charge in [-0.2, -0.15) is 0 Å². The molecule has 0 bridgehead atoms. The summed E-state index contributed by atoms with van der Waals surface area (Å²) < 4.78 is 5.63. The van der Waals surface area contributed by atoms with Crippen LogP contribution in [-0.4, -0.2) is 44.7 Å². The number of likely N-dealkylation sites (N-methyl/N-ethyl adjacent to an activating group) is 1. The molecule has 0 amide bonds. The van der Waals surface area contributed by atoms with Gasteiger partial charge in [-0.15, -0.1) is 30.6 Å². The second-order valence-corrected chi connectivity index (χ2v) is 4.38. The van der Waals surface area contributed by atoms with Crippen LogP contribution in [0.3, 0.4) is 0 Å². The average Bonchev–Trinajstić information content (AvgIpc) is 2.42. The number of guanidine groups is 1. The van der Waals surface area contributed by atoms with Gasteiger partial charge in [-0.05, 0) is 24.3 Å². The summed E-state index contributed by atoms with van der Waals surface area (Å²) in [5.41, 5.74) is 0. The molecular formula is C14H21ClIN3O. The summed E-state index contributed by atoms with van der Waals surface area (Å²) in [5, 5.41) is 3.87. The second-order valence-electron chi connectivity index (χ2n) is 3.94. The van der Waals surface area contributed by atoms with Crippen LogP contribution in [0, 0.1) is 0 Å². The van der Waals surface area contributed by atoms with Crippen LogP contribution in [0.4, 0.5) is 0 Å². The lowest BCUT2D eigenvalue weighted by Crippen LogP contribution is -2.40. The summed E-state index contributed by atoms with van der Waals surface area (Å²) in [7, 11) is 3.71. The molecule has 1 rings (SSSR count). The highest BCUT2D eigenvalue weighted by atomic mass is 127. The van der Waals surface area contributed by atoms with Crippen molar-refractivity contribution in [3.63, 3.8) is 0 Å². The van der Waals surface area contributed by atoms with Gasteiger partial charge in [0.2, 0.25) is 0 Å². The fourth-order valence-electron chi connectivity index (χ4n) is 1.49. The van der Waals surface area contributed by atoms with Crippen molar-refractivity contribution in [1.82, 2.24) is 10.2 Å². The van der Waals surface area contributed by atoms with Gasteiger partial charge in [0.1, 0.15) is 12.4 Å². The number of aliphatic imine (C=N–C) groups is 1. The Hall–Kier alpha value is -0.950. The van der Waals surface area contributed by atoms with E-state index in [2.05, 4.69) is 16.9 Å². The molecule has 112 valence electrons. The molecule has 1 N–H and O–H groups in total. The fraction of sp³-hybridized carbons (Fsp3) is 0.357. The van der Waals surface area contributed by atoms with Crippen LogP contribution in [0.15, 0.2) is 41.9 Å². The molecule has 0 aliphatic heterocycles. The molecule has 0 saturated carbocycles. The number of nitrogens with zero attached hydrogens (tertiary/aromatic N) is 2.